The SMILES string of the molecule is CCC(CC)(CO)CNC(=O)c1cc(Cl)cc(Cl)c1I. The first kappa shape index (κ1) is 18.0. The second kappa shape index (κ2) is 7.82. The molecule has 0 unspecified atom stereocenters. The highest BCUT2D eigenvalue weighted by molar-refractivity contribution is 14.1. The largest absolute Gasteiger partial charge is 0.396 e. The summed E-state index contributed by atoms with van der Waals surface area (Å²) in [4.78, 5) is 12.2. The summed E-state index contributed by atoms with van der Waals surface area (Å²) >= 11 is 14.0. The molecule has 0 heterocycles. The Balaban J connectivity index is 2.87. The Labute approximate surface area is 143 Å². The van der Waals surface area contributed by atoms with Crippen molar-refractivity contribution in [2.75, 3.05) is 13.2 Å². The quantitative estimate of drug-likeness (QED) is 0.527. The Hall–Kier alpha value is -0.0400. The van der Waals surface area contributed by atoms with Gasteiger partial charge in [0, 0.05) is 20.6 Å². The minimum absolute atomic E-state index is 0.0493. The molecule has 0 bridgehead atoms. The van der Waals surface area contributed by atoms with Gasteiger partial charge in [0.05, 0.1) is 17.2 Å². The molecule has 20 heavy (non-hydrogen) atoms. The van der Waals surface area contributed by atoms with Gasteiger partial charge in [-0.2, -0.15) is 0 Å². The van der Waals surface area contributed by atoms with Crippen molar-refractivity contribution < 1.29 is 9.90 Å². The molecule has 0 aromatic heterocycles. The molecule has 2 N–H and O–H groups in total. The van der Waals surface area contributed by atoms with Crippen molar-refractivity contribution in [1.82, 2.24) is 5.32 Å². The van der Waals surface area contributed by atoms with Crippen LogP contribution in [0.4, 0.5) is 0 Å². The van der Waals surface area contributed by atoms with E-state index >= 15 is 0 Å². The third-order valence-electron chi connectivity index (χ3n) is 3.70. The summed E-state index contributed by atoms with van der Waals surface area (Å²) in [6.07, 6.45) is 1.60. The van der Waals surface area contributed by atoms with Crippen molar-refractivity contribution >= 4 is 51.7 Å². The van der Waals surface area contributed by atoms with Crippen LogP contribution in [-0.2, 0) is 0 Å². The first-order valence-corrected chi connectivity index (χ1v) is 8.26. The number of nitrogens with one attached hydrogen (secondary N) is 1. The molecule has 0 saturated carbocycles. The van der Waals surface area contributed by atoms with Gasteiger partial charge in [-0.05, 0) is 47.6 Å². The van der Waals surface area contributed by atoms with Crippen LogP contribution in [0, 0.1) is 8.99 Å². The van der Waals surface area contributed by atoms with E-state index in [1.54, 1.807) is 12.1 Å². The van der Waals surface area contributed by atoms with Crippen molar-refractivity contribution in [2.24, 2.45) is 5.41 Å². The van der Waals surface area contributed by atoms with E-state index in [2.05, 4.69) is 5.32 Å². The molecule has 1 aromatic carbocycles. The fraction of sp³-hybridized carbons (Fsp3) is 0.500. The van der Waals surface area contributed by atoms with E-state index in [0.717, 1.165) is 12.8 Å². The van der Waals surface area contributed by atoms with E-state index in [0.29, 0.717) is 25.7 Å². The van der Waals surface area contributed by atoms with Crippen molar-refractivity contribution in [3.8, 4) is 0 Å². The molecule has 0 radical (unpaired) electrons. The summed E-state index contributed by atoms with van der Waals surface area (Å²) < 4.78 is 0.675. The number of hydrogen-bond acceptors (Lipinski definition) is 2. The van der Waals surface area contributed by atoms with Crippen LogP contribution in [0.25, 0.3) is 0 Å². The molecule has 0 atom stereocenters. The maximum Gasteiger partial charge on any atom is 0.252 e. The van der Waals surface area contributed by atoms with E-state index < -0.39 is 0 Å². The highest BCUT2D eigenvalue weighted by Gasteiger charge is 2.26. The lowest BCUT2D eigenvalue weighted by Gasteiger charge is -2.29. The molecule has 1 rings (SSSR count). The molecule has 0 aliphatic rings. The lowest BCUT2D eigenvalue weighted by molar-refractivity contribution is 0.0850. The summed E-state index contributed by atoms with van der Waals surface area (Å²) in [6.45, 7) is 4.49. The smallest absolute Gasteiger partial charge is 0.252 e. The normalized spacial score (nSPS) is 11.5. The minimum atomic E-state index is -0.274. The Kier molecular flexibility index (Phi) is 7.04. The number of carbonyl (C=O) groups excluding carboxylic acids is 1. The van der Waals surface area contributed by atoms with Gasteiger partial charge in [-0.15, -0.1) is 0 Å². The molecule has 0 aliphatic carbocycles. The molecule has 1 amide bonds. The average Bonchev–Trinajstić information content (AvgIpc) is 2.44. The predicted molar refractivity (Wildman–Crippen MR) is 91.6 cm³/mol. The molecule has 1 aromatic rings. The number of amides is 1. The van der Waals surface area contributed by atoms with E-state index in [4.69, 9.17) is 23.2 Å². The molecule has 112 valence electrons. The van der Waals surface area contributed by atoms with E-state index in [1.807, 2.05) is 36.4 Å². The van der Waals surface area contributed by atoms with E-state index in [1.165, 1.54) is 0 Å². The van der Waals surface area contributed by atoms with Crippen LogP contribution in [0.3, 0.4) is 0 Å². The molecule has 3 nitrogen and oxygen atoms in total. The second-order valence-electron chi connectivity index (χ2n) is 4.80. The second-order valence-corrected chi connectivity index (χ2v) is 6.72. The fourth-order valence-electron chi connectivity index (χ4n) is 1.86. The molecule has 0 aliphatic heterocycles. The molecular weight excluding hydrogens is 412 g/mol. The van der Waals surface area contributed by atoms with Crippen molar-refractivity contribution in [1.29, 1.82) is 0 Å². The molecule has 0 saturated heterocycles. The van der Waals surface area contributed by atoms with Crippen LogP contribution in [0.15, 0.2) is 12.1 Å². The number of carbonyl (C=O) groups is 1. The topological polar surface area (TPSA) is 49.3 Å². The summed E-state index contributed by atoms with van der Waals surface area (Å²) in [6, 6.07) is 3.21. The highest BCUT2D eigenvalue weighted by atomic mass is 127. The Morgan fingerprint density at radius 2 is 1.95 bits per heavy atom. The standard InChI is InChI=1S/C14H18Cl2INO2/c1-3-14(4-2,8-19)7-18-13(20)10-5-9(15)6-11(16)12(10)17/h5-6,19H,3-4,7-8H2,1-2H3,(H,18,20). The third kappa shape index (κ3) is 4.23. The van der Waals surface area contributed by atoms with E-state index in [9.17, 15) is 9.90 Å². The van der Waals surface area contributed by atoms with Crippen LogP contribution in [0.2, 0.25) is 10.0 Å². The Morgan fingerprint density at radius 3 is 2.45 bits per heavy atom. The predicted octanol–water partition coefficient (Wildman–Crippen LogP) is 4.13. The van der Waals surface area contributed by atoms with Gasteiger partial charge in [-0.25, -0.2) is 0 Å². The first-order chi connectivity index (χ1) is 9.39. The third-order valence-corrected chi connectivity index (χ3v) is 5.69. The van der Waals surface area contributed by atoms with Crippen molar-refractivity contribution in [3.63, 3.8) is 0 Å². The molecule has 6 heteroatoms. The maximum atomic E-state index is 12.2. The van der Waals surface area contributed by atoms with Gasteiger partial charge in [-0.3, -0.25) is 4.79 Å². The summed E-state index contributed by atoms with van der Waals surface area (Å²) in [5, 5.41) is 13.3. The minimum Gasteiger partial charge on any atom is -0.396 e. The zero-order chi connectivity index (χ0) is 15.3. The summed E-state index contributed by atoms with van der Waals surface area (Å²) in [5.41, 5.74) is 0.186. The van der Waals surface area contributed by atoms with Crippen LogP contribution in [0.1, 0.15) is 37.0 Å². The number of halogens is 3. The Morgan fingerprint density at radius 1 is 1.35 bits per heavy atom. The van der Waals surface area contributed by atoms with Crippen molar-refractivity contribution in [2.45, 2.75) is 26.7 Å². The molecular formula is C14H18Cl2INO2. The van der Waals surface area contributed by atoms with Crippen LogP contribution >= 0.6 is 45.8 Å². The molecule has 0 spiro atoms. The maximum absolute atomic E-state index is 12.2. The first-order valence-electron chi connectivity index (χ1n) is 6.42. The van der Waals surface area contributed by atoms with Gasteiger partial charge in [0.2, 0.25) is 0 Å². The number of aliphatic hydroxyl groups is 1. The average molecular weight is 430 g/mol. The van der Waals surface area contributed by atoms with Crippen molar-refractivity contribution in [3.05, 3.63) is 31.3 Å². The van der Waals surface area contributed by atoms with Crippen LogP contribution in [-0.4, -0.2) is 24.2 Å². The summed E-state index contributed by atoms with van der Waals surface area (Å²) in [7, 11) is 0. The van der Waals surface area contributed by atoms with Gasteiger partial charge >= 0.3 is 0 Å². The van der Waals surface area contributed by atoms with Gasteiger partial charge in [0.1, 0.15) is 0 Å². The number of hydrogen-bond donors (Lipinski definition) is 2. The van der Waals surface area contributed by atoms with E-state index in [-0.39, 0.29) is 17.9 Å². The highest BCUT2D eigenvalue weighted by Crippen LogP contribution is 2.28. The van der Waals surface area contributed by atoms with Gasteiger partial charge < -0.3 is 10.4 Å². The monoisotopic (exact) mass is 429 g/mol. The zero-order valence-electron chi connectivity index (χ0n) is 11.5. The lowest BCUT2D eigenvalue weighted by Crippen LogP contribution is -2.39. The number of rotatable bonds is 6. The molecule has 0 fully saturated rings. The number of aliphatic hydroxyl groups excluding tert-OH is 1. The van der Waals surface area contributed by atoms with Gasteiger partial charge in [-0.1, -0.05) is 37.0 Å². The Bertz CT molecular complexity index is 482. The lowest BCUT2D eigenvalue weighted by atomic mass is 9.83. The zero-order valence-corrected chi connectivity index (χ0v) is 15.1. The van der Waals surface area contributed by atoms with Crippen LogP contribution in [0.5, 0.6) is 0 Å². The number of benzene rings is 1. The van der Waals surface area contributed by atoms with Crippen LogP contribution < -0.4 is 5.32 Å². The van der Waals surface area contributed by atoms with Gasteiger partial charge in [0.25, 0.3) is 5.91 Å². The van der Waals surface area contributed by atoms with Gasteiger partial charge in [0.15, 0.2) is 0 Å². The fourth-order valence-corrected chi connectivity index (χ4v) is 2.91. The summed E-state index contributed by atoms with van der Waals surface area (Å²) in [5.74, 6) is -0.224.